The Kier molecular flexibility index (Phi) is 14.4. The van der Waals surface area contributed by atoms with Crippen LogP contribution < -0.4 is 21.1 Å². The van der Waals surface area contributed by atoms with Gasteiger partial charge in [0.15, 0.2) is 0 Å². The molecule has 0 saturated carbocycles. The summed E-state index contributed by atoms with van der Waals surface area (Å²) in [4.78, 5) is 23.4. The molecule has 75 heavy (non-hydrogen) atoms. The maximum Gasteiger partial charge on any atom is 0.501 e. The number of anilines is 4. The van der Waals surface area contributed by atoms with Crippen molar-refractivity contribution in [1.29, 1.82) is 0 Å². The van der Waals surface area contributed by atoms with Crippen molar-refractivity contribution in [2.24, 2.45) is 13.0 Å². The minimum absolute atomic E-state index is 0.0356. The number of aliphatic hydroxyl groups excluding tert-OH is 1. The van der Waals surface area contributed by atoms with Gasteiger partial charge in [-0.3, -0.25) is 4.79 Å². The van der Waals surface area contributed by atoms with E-state index in [0.29, 0.717) is 94.3 Å². The van der Waals surface area contributed by atoms with E-state index < -0.39 is 36.6 Å². The molecule has 19 heteroatoms. The lowest BCUT2D eigenvalue weighted by atomic mass is 9.61. The molecule has 2 saturated heterocycles. The number of amides is 1. The molecule has 5 aromatic rings. The number of piperidine rings is 1. The molecule has 4 atom stereocenters. The molecule has 398 valence electrons. The number of benzene rings is 4. The number of aliphatic hydroxyl groups is 2. The van der Waals surface area contributed by atoms with Crippen LogP contribution >= 0.6 is 23.4 Å². The molecule has 1 aliphatic carbocycles. The number of fused-ring (bicyclic) bond motifs is 2. The van der Waals surface area contributed by atoms with E-state index in [-0.39, 0.29) is 29.3 Å². The molecule has 4 aromatic carbocycles. The Balaban J connectivity index is 0.847. The fraction of sp³-hybridized carbons (Fsp3) is 0.411. The van der Waals surface area contributed by atoms with Gasteiger partial charge in [0.1, 0.15) is 4.90 Å². The second-order valence-corrected chi connectivity index (χ2v) is 24.5. The molecule has 3 unspecified atom stereocenters. The summed E-state index contributed by atoms with van der Waals surface area (Å²) < 4.78 is 71.3. The zero-order chi connectivity index (χ0) is 53.2. The van der Waals surface area contributed by atoms with Crippen molar-refractivity contribution in [2.75, 3.05) is 73.4 Å². The normalized spacial score (nSPS) is 22.9. The van der Waals surface area contributed by atoms with Crippen molar-refractivity contribution < 1.29 is 36.6 Å². The average molecular weight is 1090 g/mol. The molecule has 2 fully saturated rings. The second kappa shape index (κ2) is 20.4. The number of carbonyl (C=O) groups excluding carboxylic acids is 1. The smallest absolute Gasteiger partial charge is 0.393 e. The van der Waals surface area contributed by atoms with Crippen LogP contribution in [0.25, 0.3) is 11.3 Å². The Hall–Kier alpha value is -5.63. The summed E-state index contributed by atoms with van der Waals surface area (Å²) in [5, 5.41) is 25.5. The van der Waals surface area contributed by atoms with Gasteiger partial charge in [-0.2, -0.15) is 13.2 Å². The topological polar surface area (TPSA) is 146 Å². The maximum absolute atomic E-state index is 14.6. The van der Waals surface area contributed by atoms with Crippen molar-refractivity contribution >= 4 is 61.9 Å². The number of thioether (sulfide) groups is 1. The third-order valence-corrected chi connectivity index (χ3v) is 18.9. The number of piperazine rings is 1. The van der Waals surface area contributed by atoms with Crippen LogP contribution in [0.5, 0.6) is 0 Å². The molecule has 0 radical (unpaired) electrons. The number of sulfone groups is 1. The Bertz CT molecular complexity index is 3140. The number of likely N-dealkylation sites (tertiary alicyclic amines) is 1. The minimum atomic E-state index is -5.77. The Morgan fingerprint density at radius 1 is 0.867 bits per heavy atom. The highest BCUT2D eigenvalue weighted by Gasteiger charge is 2.56. The van der Waals surface area contributed by atoms with Crippen molar-refractivity contribution in [3.63, 3.8) is 0 Å². The number of nitrogens with one attached hydrogen (secondary N) is 3. The Morgan fingerprint density at radius 2 is 1.51 bits per heavy atom. The molecule has 4 aliphatic heterocycles. The summed E-state index contributed by atoms with van der Waals surface area (Å²) in [6.45, 7) is 13.5. The summed E-state index contributed by atoms with van der Waals surface area (Å²) >= 11 is 7.77. The molecule has 5 aliphatic rings. The summed E-state index contributed by atoms with van der Waals surface area (Å²) in [5.41, 5.74) is 7.39. The average Bonchev–Trinajstić information content (AvgIpc) is 3.74. The number of hydrogen-bond acceptors (Lipinski definition) is 12. The van der Waals surface area contributed by atoms with Gasteiger partial charge in [0.05, 0.1) is 50.8 Å². The number of aromatic nitrogens is 1. The van der Waals surface area contributed by atoms with Gasteiger partial charge in [-0.15, -0.1) is 11.8 Å². The molecule has 1 aromatic heterocycles. The van der Waals surface area contributed by atoms with Gasteiger partial charge in [-0.05, 0) is 130 Å². The Morgan fingerprint density at radius 3 is 2.17 bits per heavy atom. The van der Waals surface area contributed by atoms with Gasteiger partial charge in [0.2, 0.25) is 0 Å². The van der Waals surface area contributed by atoms with E-state index in [1.54, 1.807) is 0 Å². The molecule has 0 spiro atoms. The van der Waals surface area contributed by atoms with Gasteiger partial charge in [0, 0.05) is 104 Å². The van der Waals surface area contributed by atoms with Crippen LogP contribution in [0, 0.1) is 12.8 Å². The van der Waals surface area contributed by atoms with E-state index in [2.05, 4.69) is 55.4 Å². The Labute approximate surface area is 446 Å². The maximum atomic E-state index is 14.6. The van der Waals surface area contributed by atoms with Crippen molar-refractivity contribution in [2.45, 2.75) is 91.2 Å². The van der Waals surface area contributed by atoms with Crippen LogP contribution in [-0.4, -0.2) is 119 Å². The third kappa shape index (κ3) is 10.0. The fourth-order valence-electron chi connectivity index (χ4n) is 11.9. The largest absolute Gasteiger partial charge is 0.501 e. The zero-order valence-corrected chi connectivity index (χ0v) is 45.1. The van der Waals surface area contributed by atoms with Crippen LogP contribution in [-0.2, 0) is 22.3 Å². The molecular weight excluding hydrogens is 1020 g/mol. The van der Waals surface area contributed by atoms with E-state index >= 15 is 0 Å². The third-order valence-electron chi connectivity index (χ3n) is 15.9. The van der Waals surface area contributed by atoms with Crippen LogP contribution in [0.2, 0.25) is 5.02 Å². The second-order valence-electron chi connectivity index (χ2n) is 20.8. The summed E-state index contributed by atoms with van der Waals surface area (Å²) in [5.74, 6) is -0.195. The van der Waals surface area contributed by atoms with E-state index in [1.165, 1.54) is 23.9 Å². The number of alkyl halides is 3. The van der Waals surface area contributed by atoms with Gasteiger partial charge in [0.25, 0.3) is 15.7 Å². The number of rotatable bonds is 14. The number of carbonyl (C=O) groups is 1. The number of hydrazine groups is 1. The predicted molar refractivity (Wildman–Crippen MR) is 292 cm³/mol. The lowest BCUT2D eigenvalue weighted by Gasteiger charge is -2.54. The number of nitrogens with zero attached hydrogens (tertiary/aromatic N) is 5. The first-order chi connectivity index (χ1) is 35.6. The summed E-state index contributed by atoms with van der Waals surface area (Å²) in [6.07, 6.45) is 4.21. The zero-order valence-electron chi connectivity index (χ0n) is 42.7. The quantitative estimate of drug-likeness (QED) is 0.0410. The van der Waals surface area contributed by atoms with Crippen LogP contribution in [0.3, 0.4) is 0 Å². The van der Waals surface area contributed by atoms with Crippen LogP contribution in [0.15, 0.2) is 130 Å². The highest BCUT2D eigenvalue weighted by Crippen LogP contribution is 2.57. The van der Waals surface area contributed by atoms with E-state index in [0.717, 1.165) is 56.1 Å². The minimum Gasteiger partial charge on any atom is -0.393 e. The number of halogens is 4. The van der Waals surface area contributed by atoms with Crippen molar-refractivity contribution in [3.8, 4) is 11.3 Å². The van der Waals surface area contributed by atoms with Gasteiger partial charge < -0.3 is 50.5 Å². The standard InChI is InChI=1S/C56H64ClF3N8O5S2/c1-35-45(34-54(3)50-48(53(70)68-28-24-55(4,71)49(35)52(54)68)36(2)64(5)51(50)37-11-13-38(57)14-12-37)67-31-29-66(30-32-67)41-18-15-39(16-19-41)62-63-40-17-20-44(46(33-40)75(72,73)56(58,59)60)61-47(74-43-9-7-6-8-10-43)23-27-65-25-21-42(69)22-26-65/h6-20,33-35,42,47,61-63,69,71H,21-32H2,1-5H3/t35?,47-,54?,55?/m0/s1. The molecule has 10 rings (SSSR count). The molecule has 5 heterocycles. The monoisotopic (exact) mass is 1080 g/mol. The fourth-order valence-corrected chi connectivity index (χ4v) is 14.0. The lowest BCUT2D eigenvalue weighted by Crippen LogP contribution is -2.57. The van der Waals surface area contributed by atoms with Crippen molar-refractivity contribution in [3.05, 3.63) is 142 Å². The summed E-state index contributed by atoms with van der Waals surface area (Å²) in [6, 6.07) is 28.7. The van der Waals surface area contributed by atoms with E-state index in [4.69, 9.17) is 11.6 Å². The molecule has 13 nitrogen and oxygen atoms in total. The first-order valence-corrected chi connectivity index (χ1v) is 28.3. The number of allylic oxidation sites excluding steroid dienone is 2. The van der Waals surface area contributed by atoms with Gasteiger partial charge in [-0.25, -0.2) is 8.42 Å². The van der Waals surface area contributed by atoms with Gasteiger partial charge in [-0.1, -0.05) is 48.9 Å². The highest BCUT2D eigenvalue weighted by molar-refractivity contribution is 8.00. The van der Waals surface area contributed by atoms with Crippen LogP contribution in [0.4, 0.5) is 35.9 Å². The molecular formula is C56H64ClF3N8O5S2. The SMILES string of the molecule is Cc1c2c(c(-c3ccc(Cl)cc3)n1C)C1(C)C=C(N3CCN(c4ccc(NNc5ccc(N[C@H](CCN6CCC(O)CC6)Sc6ccccc6)c(S(=O)(=O)C(F)(F)F)c5)cc4)CC3)C(C)C3=C1N(CCC3(C)O)C2=O. The molecule has 0 bridgehead atoms. The summed E-state index contributed by atoms with van der Waals surface area (Å²) in [7, 11) is -3.77. The number of hydrogen-bond donors (Lipinski definition) is 5. The first-order valence-electron chi connectivity index (χ1n) is 25.6. The molecule has 5 N–H and O–H groups in total. The van der Waals surface area contributed by atoms with Crippen LogP contribution in [0.1, 0.15) is 68.1 Å². The van der Waals surface area contributed by atoms with E-state index in [1.807, 2.05) is 105 Å². The predicted octanol–water partition coefficient (Wildman–Crippen LogP) is 10.2. The lowest BCUT2D eigenvalue weighted by molar-refractivity contribution is -0.0435. The molecule has 1 amide bonds. The highest BCUT2D eigenvalue weighted by atomic mass is 35.5. The first kappa shape index (κ1) is 52.8. The van der Waals surface area contributed by atoms with Crippen molar-refractivity contribution in [1.82, 2.24) is 19.3 Å². The van der Waals surface area contributed by atoms with Gasteiger partial charge >= 0.3 is 5.51 Å². The van der Waals surface area contributed by atoms with E-state index in [9.17, 15) is 36.6 Å².